The first-order chi connectivity index (χ1) is 10.2. The van der Waals surface area contributed by atoms with Crippen LogP contribution in [-0.4, -0.2) is 29.1 Å². The summed E-state index contributed by atoms with van der Waals surface area (Å²) in [4.78, 5) is 28.7. The molecule has 0 saturated heterocycles. The number of rotatable bonds is 1. The lowest BCUT2D eigenvalue weighted by atomic mass is 10.00. The van der Waals surface area contributed by atoms with Gasteiger partial charge < -0.3 is 14.6 Å². The molecule has 0 atom stereocenters. The normalized spacial score (nSPS) is 14.6. The Hall–Kier alpha value is -2.30. The SMILES string of the molecule is CCOC(=O)N1CCCc2c(ccc3c(=O)cc[nH]c23)C1. The van der Waals surface area contributed by atoms with Gasteiger partial charge in [0.1, 0.15) is 0 Å². The van der Waals surface area contributed by atoms with Crippen LogP contribution in [0, 0.1) is 0 Å². The van der Waals surface area contributed by atoms with Crippen molar-refractivity contribution >= 4 is 17.0 Å². The van der Waals surface area contributed by atoms with E-state index in [9.17, 15) is 9.59 Å². The Balaban J connectivity index is 2.03. The van der Waals surface area contributed by atoms with Crippen LogP contribution in [0.3, 0.4) is 0 Å². The van der Waals surface area contributed by atoms with Crippen LogP contribution in [0.25, 0.3) is 10.9 Å². The van der Waals surface area contributed by atoms with Crippen LogP contribution in [0.15, 0.2) is 29.2 Å². The smallest absolute Gasteiger partial charge is 0.410 e. The highest BCUT2D eigenvalue weighted by Gasteiger charge is 2.21. The van der Waals surface area contributed by atoms with Gasteiger partial charge in [0, 0.05) is 30.7 Å². The average molecular weight is 286 g/mol. The molecule has 2 heterocycles. The molecule has 2 aromatic rings. The van der Waals surface area contributed by atoms with E-state index in [1.54, 1.807) is 11.1 Å². The van der Waals surface area contributed by atoms with Crippen molar-refractivity contribution in [3.8, 4) is 0 Å². The molecule has 0 spiro atoms. The van der Waals surface area contributed by atoms with Crippen molar-refractivity contribution in [2.75, 3.05) is 13.2 Å². The van der Waals surface area contributed by atoms with Crippen molar-refractivity contribution in [3.05, 3.63) is 45.7 Å². The number of nitrogens with one attached hydrogen (secondary N) is 1. The largest absolute Gasteiger partial charge is 0.450 e. The standard InChI is InChI=1S/C16H18N2O3/c1-2-21-16(20)18-9-3-4-12-11(10-18)5-6-13-14(19)7-8-17-15(12)13/h5-8H,2-4,9-10H2,1H3,(H,17,19). The molecule has 0 bridgehead atoms. The summed E-state index contributed by atoms with van der Waals surface area (Å²) in [6.45, 7) is 3.39. The lowest BCUT2D eigenvalue weighted by Crippen LogP contribution is -2.31. The molecule has 110 valence electrons. The van der Waals surface area contributed by atoms with Gasteiger partial charge in [0.25, 0.3) is 0 Å². The zero-order valence-electron chi connectivity index (χ0n) is 12.0. The van der Waals surface area contributed by atoms with Gasteiger partial charge in [-0.25, -0.2) is 4.79 Å². The lowest BCUT2D eigenvalue weighted by molar-refractivity contribution is 0.105. The van der Waals surface area contributed by atoms with E-state index in [0.717, 1.165) is 29.5 Å². The first-order valence-electron chi connectivity index (χ1n) is 7.24. The average Bonchev–Trinajstić information content (AvgIpc) is 2.70. The minimum Gasteiger partial charge on any atom is -0.450 e. The summed E-state index contributed by atoms with van der Waals surface area (Å²) in [6, 6.07) is 5.32. The first kappa shape index (κ1) is 13.7. The van der Waals surface area contributed by atoms with Crippen LogP contribution in [0.1, 0.15) is 24.5 Å². The number of aromatic nitrogens is 1. The molecule has 1 aromatic heterocycles. The van der Waals surface area contributed by atoms with Crippen LogP contribution >= 0.6 is 0 Å². The quantitative estimate of drug-likeness (QED) is 0.875. The minimum absolute atomic E-state index is 0.0260. The summed E-state index contributed by atoms with van der Waals surface area (Å²) < 4.78 is 5.09. The number of carbonyl (C=O) groups excluding carboxylic acids is 1. The Kier molecular flexibility index (Phi) is 3.64. The minimum atomic E-state index is -0.271. The molecule has 0 fully saturated rings. The fourth-order valence-electron chi connectivity index (χ4n) is 2.89. The van der Waals surface area contributed by atoms with Gasteiger partial charge in [-0.15, -0.1) is 0 Å². The molecule has 1 aliphatic rings. The van der Waals surface area contributed by atoms with Gasteiger partial charge in [0.2, 0.25) is 0 Å². The topological polar surface area (TPSA) is 62.4 Å². The fraction of sp³-hybridized carbons (Fsp3) is 0.375. The zero-order chi connectivity index (χ0) is 14.8. The van der Waals surface area contributed by atoms with Crippen molar-refractivity contribution in [1.29, 1.82) is 0 Å². The van der Waals surface area contributed by atoms with Crippen LogP contribution < -0.4 is 5.43 Å². The lowest BCUT2D eigenvalue weighted by Gasteiger charge is -2.20. The van der Waals surface area contributed by atoms with E-state index < -0.39 is 0 Å². The van der Waals surface area contributed by atoms with Gasteiger partial charge in [0.05, 0.1) is 12.1 Å². The summed E-state index contributed by atoms with van der Waals surface area (Å²) in [5.41, 5.74) is 3.13. The van der Waals surface area contributed by atoms with Gasteiger partial charge in [-0.2, -0.15) is 0 Å². The van der Waals surface area contributed by atoms with Crippen LogP contribution in [0.4, 0.5) is 4.79 Å². The number of ether oxygens (including phenoxy) is 1. The van der Waals surface area contributed by atoms with Gasteiger partial charge in [0.15, 0.2) is 5.43 Å². The number of H-pyrrole nitrogens is 1. The number of fused-ring (bicyclic) bond motifs is 3. The Morgan fingerprint density at radius 2 is 2.24 bits per heavy atom. The summed E-state index contributed by atoms with van der Waals surface area (Å²) in [6.07, 6.45) is 3.12. The van der Waals surface area contributed by atoms with Crippen molar-refractivity contribution in [2.24, 2.45) is 0 Å². The fourth-order valence-corrected chi connectivity index (χ4v) is 2.89. The number of aryl methyl sites for hydroxylation is 1. The maximum absolute atomic E-state index is 11.9. The predicted octanol–water partition coefficient (Wildman–Crippen LogP) is 2.43. The monoisotopic (exact) mass is 286 g/mol. The Morgan fingerprint density at radius 3 is 3.05 bits per heavy atom. The second-order valence-corrected chi connectivity index (χ2v) is 5.19. The molecule has 0 aliphatic carbocycles. The molecule has 1 amide bonds. The number of pyridine rings is 1. The highest BCUT2D eigenvalue weighted by Crippen LogP contribution is 2.24. The van der Waals surface area contributed by atoms with E-state index >= 15 is 0 Å². The predicted molar refractivity (Wildman–Crippen MR) is 80.3 cm³/mol. The maximum Gasteiger partial charge on any atom is 0.410 e. The van der Waals surface area contributed by atoms with Crippen molar-refractivity contribution < 1.29 is 9.53 Å². The Morgan fingerprint density at radius 1 is 1.38 bits per heavy atom. The van der Waals surface area contributed by atoms with Gasteiger partial charge in [-0.3, -0.25) is 4.79 Å². The Labute approximate surface area is 122 Å². The molecule has 1 aromatic carbocycles. The van der Waals surface area contributed by atoms with E-state index in [0.29, 0.717) is 25.1 Å². The second-order valence-electron chi connectivity index (χ2n) is 5.19. The third-order valence-electron chi connectivity index (χ3n) is 3.88. The van der Waals surface area contributed by atoms with Crippen molar-refractivity contribution in [1.82, 2.24) is 9.88 Å². The van der Waals surface area contributed by atoms with Crippen LogP contribution in [0.2, 0.25) is 0 Å². The molecule has 5 heteroatoms. The molecule has 1 aliphatic heterocycles. The van der Waals surface area contributed by atoms with E-state index in [1.165, 1.54) is 6.07 Å². The highest BCUT2D eigenvalue weighted by atomic mass is 16.6. The third kappa shape index (κ3) is 2.51. The Bertz CT molecular complexity index is 736. The highest BCUT2D eigenvalue weighted by molar-refractivity contribution is 5.83. The van der Waals surface area contributed by atoms with Crippen molar-refractivity contribution in [3.63, 3.8) is 0 Å². The van der Waals surface area contributed by atoms with Gasteiger partial charge in [-0.05, 0) is 37.0 Å². The molecule has 0 radical (unpaired) electrons. The van der Waals surface area contributed by atoms with Gasteiger partial charge >= 0.3 is 6.09 Å². The summed E-state index contributed by atoms with van der Waals surface area (Å²) in [7, 11) is 0. The molecule has 21 heavy (non-hydrogen) atoms. The zero-order valence-corrected chi connectivity index (χ0v) is 12.0. The molecule has 5 nitrogen and oxygen atoms in total. The third-order valence-corrected chi connectivity index (χ3v) is 3.88. The molecular formula is C16H18N2O3. The van der Waals surface area contributed by atoms with E-state index in [-0.39, 0.29) is 11.5 Å². The van der Waals surface area contributed by atoms with E-state index in [2.05, 4.69) is 4.98 Å². The van der Waals surface area contributed by atoms with E-state index in [1.807, 2.05) is 19.1 Å². The van der Waals surface area contributed by atoms with Crippen molar-refractivity contribution in [2.45, 2.75) is 26.3 Å². The number of benzene rings is 1. The first-order valence-corrected chi connectivity index (χ1v) is 7.24. The molecular weight excluding hydrogens is 268 g/mol. The summed E-state index contributed by atoms with van der Waals surface area (Å²) in [5.74, 6) is 0. The molecule has 1 N–H and O–H groups in total. The molecule has 3 rings (SSSR count). The number of aromatic amines is 1. The van der Waals surface area contributed by atoms with Crippen LogP contribution in [0.5, 0.6) is 0 Å². The number of carbonyl (C=O) groups is 1. The molecule has 0 unspecified atom stereocenters. The number of nitrogens with zero attached hydrogens (tertiary/aromatic N) is 1. The summed E-state index contributed by atoms with van der Waals surface area (Å²) >= 11 is 0. The molecule has 0 saturated carbocycles. The maximum atomic E-state index is 11.9. The summed E-state index contributed by atoms with van der Waals surface area (Å²) in [5, 5.41) is 0.709. The number of hydrogen-bond acceptors (Lipinski definition) is 3. The van der Waals surface area contributed by atoms with Crippen LogP contribution in [-0.2, 0) is 17.7 Å². The number of amides is 1. The second kappa shape index (κ2) is 5.60. The van der Waals surface area contributed by atoms with E-state index in [4.69, 9.17) is 4.74 Å². The number of hydrogen-bond donors (Lipinski definition) is 1. The van der Waals surface area contributed by atoms with Gasteiger partial charge in [-0.1, -0.05) is 6.07 Å².